The van der Waals surface area contributed by atoms with Crippen molar-refractivity contribution in [2.45, 2.75) is 19.4 Å². The molecule has 0 aromatic heterocycles. The van der Waals surface area contributed by atoms with Gasteiger partial charge >= 0.3 is 0 Å². The van der Waals surface area contributed by atoms with Gasteiger partial charge in [0.2, 0.25) is 0 Å². The van der Waals surface area contributed by atoms with Crippen molar-refractivity contribution in [3.05, 3.63) is 35.4 Å². The second-order valence-corrected chi connectivity index (χ2v) is 2.93. The minimum Gasteiger partial charge on any atom is -0.328 e. The van der Waals surface area contributed by atoms with E-state index in [1.54, 1.807) is 6.07 Å². The van der Waals surface area contributed by atoms with Crippen LogP contribution in [0.5, 0.6) is 0 Å². The van der Waals surface area contributed by atoms with Crippen LogP contribution in [-0.2, 0) is 6.42 Å². The van der Waals surface area contributed by atoms with Crippen molar-refractivity contribution in [1.82, 2.24) is 0 Å². The van der Waals surface area contributed by atoms with Crippen LogP contribution in [0.1, 0.15) is 12.5 Å². The highest BCUT2D eigenvalue weighted by molar-refractivity contribution is 5.85. The zero-order chi connectivity index (χ0) is 9.14. The Labute approximate surface area is 82.4 Å². The molecule has 1 rings (SSSR count). The van der Waals surface area contributed by atoms with Gasteiger partial charge in [-0.15, -0.1) is 12.4 Å². The van der Waals surface area contributed by atoms with Gasteiger partial charge in [0.1, 0.15) is 0 Å². The third-order valence-corrected chi connectivity index (χ3v) is 1.54. The van der Waals surface area contributed by atoms with E-state index in [-0.39, 0.29) is 18.4 Å². The first-order valence-electron chi connectivity index (χ1n) is 3.79. The van der Waals surface area contributed by atoms with Crippen LogP contribution in [-0.4, -0.2) is 6.04 Å². The van der Waals surface area contributed by atoms with Gasteiger partial charge in [0.15, 0.2) is 11.6 Å². The molecule has 74 valence electrons. The molecule has 2 N–H and O–H groups in total. The normalized spacial score (nSPS) is 12.0. The SMILES string of the molecule is C[C@@H](N)Cc1ccc(F)c(F)c1.Cl. The van der Waals surface area contributed by atoms with Crippen molar-refractivity contribution >= 4 is 12.4 Å². The van der Waals surface area contributed by atoms with Crippen molar-refractivity contribution in [3.63, 3.8) is 0 Å². The van der Waals surface area contributed by atoms with Gasteiger partial charge in [-0.2, -0.15) is 0 Å². The first kappa shape index (κ1) is 12.3. The van der Waals surface area contributed by atoms with E-state index >= 15 is 0 Å². The standard InChI is InChI=1S/C9H11F2N.ClH/c1-6(12)4-7-2-3-8(10)9(11)5-7;/h2-3,5-6H,4,12H2,1H3;1H/t6-;/m1./s1. The largest absolute Gasteiger partial charge is 0.328 e. The van der Waals surface area contributed by atoms with Gasteiger partial charge in [-0.1, -0.05) is 6.07 Å². The maximum atomic E-state index is 12.6. The van der Waals surface area contributed by atoms with Crippen LogP contribution >= 0.6 is 12.4 Å². The van der Waals surface area contributed by atoms with Crippen molar-refractivity contribution in [2.24, 2.45) is 5.73 Å². The number of benzene rings is 1. The Balaban J connectivity index is 0.00000144. The minimum absolute atomic E-state index is 0. The van der Waals surface area contributed by atoms with Gasteiger partial charge in [-0.25, -0.2) is 8.78 Å². The average molecular weight is 208 g/mol. The summed E-state index contributed by atoms with van der Waals surface area (Å²) >= 11 is 0. The molecule has 0 unspecified atom stereocenters. The fraction of sp³-hybridized carbons (Fsp3) is 0.333. The lowest BCUT2D eigenvalue weighted by Crippen LogP contribution is -2.17. The number of rotatable bonds is 2. The van der Waals surface area contributed by atoms with Crippen molar-refractivity contribution in [2.75, 3.05) is 0 Å². The zero-order valence-corrected chi connectivity index (χ0v) is 8.07. The van der Waals surface area contributed by atoms with Crippen molar-refractivity contribution in [1.29, 1.82) is 0 Å². The summed E-state index contributed by atoms with van der Waals surface area (Å²) in [6.45, 7) is 1.82. The summed E-state index contributed by atoms with van der Waals surface area (Å²) in [7, 11) is 0. The highest BCUT2D eigenvalue weighted by Gasteiger charge is 2.03. The summed E-state index contributed by atoms with van der Waals surface area (Å²) in [5.74, 6) is -1.63. The molecule has 1 nitrogen and oxygen atoms in total. The second kappa shape index (κ2) is 5.14. The first-order valence-corrected chi connectivity index (χ1v) is 3.79. The zero-order valence-electron chi connectivity index (χ0n) is 7.26. The van der Waals surface area contributed by atoms with E-state index in [0.717, 1.165) is 11.6 Å². The molecule has 0 saturated carbocycles. The lowest BCUT2D eigenvalue weighted by Gasteiger charge is -2.04. The molecule has 0 heterocycles. The van der Waals surface area contributed by atoms with Gasteiger partial charge < -0.3 is 5.73 Å². The number of halogens is 3. The summed E-state index contributed by atoms with van der Waals surface area (Å²) in [4.78, 5) is 0. The van der Waals surface area contributed by atoms with E-state index in [1.165, 1.54) is 6.07 Å². The van der Waals surface area contributed by atoms with Crippen LogP contribution in [0.4, 0.5) is 8.78 Å². The molecule has 0 aliphatic heterocycles. The number of nitrogens with two attached hydrogens (primary N) is 1. The van der Waals surface area contributed by atoms with Crippen LogP contribution < -0.4 is 5.73 Å². The van der Waals surface area contributed by atoms with Crippen LogP contribution in [0.2, 0.25) is 0 Å². The Morgan fingerprint density at radius 3 is 2.38 bits per heavy atom. The summed E-state index contributed by atoms with van der Waals surface area (Å²) in [5.41, 5.74) is 6.22. The summed E-state index contributed by atoms with van der Waals surface area (Å²) < 4.78 is 25.0. The number of hydrogen-bond donors (Lipinski definition) is 1. The summed E-state index contributed by atoms with van der Waals surface area (Å²) in [6.07, 6.45) is 0.567. The Morgan fingerprint density at radius 1 is 1.31 bits per heavy atom. The van der Waals surface area contributed by atoms with Gasteiger partial charge in [-0.3, -0.25) is 0 Å². The Bertz CT molecular complexity index is 276. The molecule has 1 aromatic rings. The molecule has 0 radical (unpaired) electrons. The van der Waals surface area contributed by atoms with E-state index in [1.807, 2.05) is 6.92 Å². The Kier molecular flexibility index (Phi) is 4.88. The maximum absolute atomic E-state index is 12.6. The number of hydrogen-bond acceptors (Lipinski definition) is 1. The van der Waals surface area contributed by atoms with E-state index in [4.69, 9.17) is 5.73 Å². The molecule has 0 fully saturated rings. The fourth-order valence-electron chi connectivity index (χ4n) is 1.04. The molecular formula is C9H12ClF2N. The van der Waals surface area contributed by atoms with E-state index in [9.17, 15) is 8.78 Å². The Hall–Kier alpha value is -0.670. The van der Waals surface area contributed by atoms with Crippen molar-refractivity contribution < 1.29 is 8.78 Å². The van der Waals surface area contributed by atoms with E-state index in [2.05, 4.69) is 0 Å². The molecule has 1 atom stereocenters. The van der Waals surface area contributed by atoms with Crippen LogP contribution in [0.25, 0.3) is 0 Å². The summed E-state index contributed by atoms with van der Waals surface area (Å²) in [6, 6.07) is 3.81. The fourth-order valence-corrected chi connectivity index (χ4v) is 1.04. The highest BCUT2D eigenvalue weighted by Crippen LogP contribution is 2.09. The lowest BCUT2D eigenvalue weighted by atomic mass is 10.1. The third kappa shape index (κ3) is 3.70. The van der Waals surface area contributed by atoms with Crippen LogP contribution in [0.15, 0.2) is 18.2 Å². The van der Waals surface area contributed by atoms with Crippen LogP contribution in [0, 0.1) is 11.6 Å². The molecule has 0 amide bonds. The average Bonchev–Trinajstić information content (AvgIpc) is 1.96. The van der Waals surface area contributed by atoms with Gasteiger partial charge in [-0.05, 0) is 31.0 Å². The molecule has 0 saturated heterocycles. The van der Waals surface area contributed by atoms with Crippen molar-refractivity contribution in [3.8, 4) is 0 Å². The Morgan fingerprint density at radius 2 is 1.92 bits per heavy atom. The second-order valence-electron chi connectivity index (χ2n) is 2.93. The smallest absolute Gasteiger partial charge is 0.159 e. The lowest BCUT2D eigenvalue weighted by molar-refractivity contribution is 0.506. The maximum Gasteiger partial charge on any atom is 0.159 e. The highest BCUT2D eigenvalue weighted by atomic mass is 35.5. The molecule has 0 spiro atoms. The predicted octanol–water partition coefficient (Wildman–Crippen LogP) is 2.28. The quantitative estimate of drug-likeness (QED) is 0.791. The van der Waals surface area contributed by atoms with Gasteiger partial charge in [0.05, 0.1) is 0 Å². The molecule has 0 aliphatic rings. The molecule has 1 aromatic carbocycles. The molecule has 0 bridgehead atoms. The molecule has 4 heteroatoms. The first-order chi connectivity index (χ1) is 5.59. The third-order valence-electron chi connectivity index (χ3n) is 1.54. The van der Waals surface area contributed by atoms with E-state index in [0.29, 0.717) is 6.42 Å². The molecular weight excluding hydrogens is 196 g/mol. The van der Waals surface area contributed by atoms with Gasteiger partial charge in [0, 0.05) is 6.04 Å². The topological polar surface area (TPSA) is 26.0 Å². The minimum atomic E-state index is -0.816. The summed E-state index contributed by atoms with van der Waals surface area (Å²) in [5, 5.41) is 0. The predicted molar refractivity (Wildman–Crippen MR) is 51.0 cm³/mol. The van der Waals surface area contributed by atoms with E-state index < -0.39 is 11.6 Å². The van der Waals surface area contributed by atoms with Gasteiger partial charge in [0.25, 0.3) is 0 Å². The molecule has 0 aliphatic carbocycles. The monoisotopic (exact) mass is 207 g/mol. The molecule has 13 heavy (non-hydrogen) atoms. The van der Waals surface area contributed by atoms with Crippen LogP contribution in [0.3, 0.4) is 0 Å².